The van der Waals surface area contributed by atoms with E-state index in [0.29, 0.717) is 11.1 Å². The molecule has 0 radical (unpaired) electrons. The van der Waals surface area contributed by atoms with Crippen LogP contribution in [0, 0.1) is 0 Å². The quantitative estimate of drug-likeness (QED) is 0.829. The monoisotopic (exact) mass is 274 g/mol. The average Bonchev–Trinajstić information content (AvgIpc) is 2.70. The van der Waals surface area contributed by atoms with Crippen LogP contribution in [0.4, 0.5) is 0 Å². The third-order valence-electron chi connectivity index (χ3n) is 3.53. The van der Waals surface area contributed by atoms with Gasteiger partial charge in [-0.3, -0.25) is 19.3 Å². The van der Waals surface area contributed by atoms with Gasteiger partial charge in [0.15, 0.2) is 0 Å². The largest absolute Gasteiger partial charge is 0.352 e. The highest BCUT2D eigenvalue weighted by Gasteiger charge is 2.36. The van der Waals surface area contributed by atoms with E-state index in [2.05, 4.69) is 5.32 Å². The van der Waals surface area contributed by atoms with Crippen LogP contribution in [0.3, 0.4) is 0 Å². The summed E-state index contributed by atoms with van der Waals surface area (Å²) in [7, 11) is 0. The van der Waals surface area contributed by atoms with Gasteiger partial charge in [-0.2, -0.15) is 0 Å². The van der Waals surface area contributed by atoms with Crippen molar-refractivity contribution < 1.29 is 14.4 Å². The van der Waals surface area contributed by atoms with Gasteiger partial charge < -0.3 is 5.32 Å². The van der Waals surface area contributed by atoms with Crippen molar-refractivity contribution in [1.29, 1.82) is 0 Å². The predicted molar refractivity (Wildman–Crippen MR) is 74.3 cm³/mol. The topological polar surface area (TPSA) is 66.5 Å². The molecular weight excluding hydrogens is 256 g/mol. The van der Waals surface area contributed by atoms with Crippen LogP contribution in [0.2, 0.25) is 0 Å². The molecule has 0 aromatic heterocycles. The minimum absolute atomic E-state index is 0.0812. The zero-order valence-electron chi connectivity index (χ0n) is 11.7. The summed E-state index contributed by atoms with van der Waals surface area (Å²) in [6.45, 7) is 3.75. The summed E-state index contributed by atoms with van der Waals surface area (Å²) < 4.78 is 0. The van der Waals surface area contributed by atoms with Crippen molar-refractivity contribution in [2.45, 2.75) is 32.7 Å². The zero-order valence-corrected chi connectivity index (χ0v) is 11.7. The molecule has 1 aromatic rings. The highest BCUT2D eigenvalue weighted by Crippen LogP contribution is 2.21. The zero-order chi connectivity index (χ0) is 14.7. The smallest absolute Gasteiger partial charge is 0.262 e. The van der Waals surface area contributed by atoms with Crippen molar-refractivity contribution in [3.05, 3.63) is 35.4 Å². The molecule has 1 N–H and O–H groups in total. The van der Waals surface area contributed by atoms with Gasteiger partial charge in [0, 0.05) is 6.04 Å². The van der Waals surface area contributed by atoms with Crippen LogP contribution in [-0.2, 0) is 4.79 Å². The molecule has 0 bridgehead atoms. The summed E-state index contributed by atoms with van der Waals surface area (Å²) in [6, 6.07) is 6.70. The van der Waals surface area contributed by atoms with Crippen molar-refractivity contribution in [3.8, 4) is 0 Å². The number of nitrogens with zero attached hydrogens (tertiary/aromatic N) is 1. The fraction of sp³-hybridized carbons (Fsp3) is 0.400. The molecule has 0 saturated heterocycles. The van der Waals surface area contributed by atoms with Gasteiger partial charge >= 0.3 is 0 Å². The first-order valence-electron chi connectivity index (χ1n) is 6.83. The molecular formula is C15H18N2O3. The molecule has 2 rings (SSSR count). The number of fused-ring (bicyclic) bond motifs is 1. The Morgan fingerprint density at radius 2 is 1.60 bits per heavy atom. The van der Waals surface area contributed by atoms with Crippen LogP contribution in [0.25, 0.3) is 0 Å². The standard InChI is InChI=1S/C15H18N2O3/c1-3-10(4-2)16-13(18)9-17-14(19)11-7-5-6-8-12(11)15(17)20/h5-8,10H,3-4,9H2,1-2H3,(H,16,18). The molecule has 1 aromatic carbocycles. The molecule has 0 fully saturated rings. The maximum Gasteiger partial charge on any atom is 0.262 e. The number of benzene rings is 1. The van der Waals surface area contributed by atoms with Gasteiger partial charge in [0.1, 0.15) is 6.54 Å². The first-order chi connectivity index (χ1) is 9.58. The molecule has 0 saturated carbocycles. The van der Waals surface area contributed by atoms with E-state index in [1.54, 1.807) is 24.3 Å². The molecule has 0 atom stereocenters. The molecule has 0 aliphatic carbocycles. The Bertz CT molecular complexity index is 515. The van der Waals surface area contributed by atoms with E-state index in [1.165, 1.54) is 0 Å². The summed E-state index contributed by atoms with van der Waals surface area (Å²) in [5, 5.41) is 2.83. The number of hydrogen-bond acceptors (Lipinski definition) is 3. The summed E-state index contributed by atoms with van der Waals surface area (Å²) in [6.07, 6.45) is 1.65. The number of rotatable bonds is 5. The van der Waals surface area contributed by atoms with Crippen LogP contribution in [0.15, 0.2) is 24.3 Å². The fourth-order valence-electron chi connectivity index (χ4n) is 2.29. The lowest BCUT2D eigenvalue weighted by molar-refractivity contribution is -0.122. The van der Waals surface area contributed by atoms with Gasteiger partial charge in [-0.1, -0.05) is 26.0 Å². The third-order valence-corrected chi connectivity index (χ3v) is 3.53. The number of imide groups is 1. The maximum atomic E-state index is 12.1. The number of nitrogens with one attached hydrogen (secondary N) is 1. The molecule has 0 spiro atoms. The Hall–Kier alpha value is -2.17. The summed E-state index contributed by atoms with van der Waals surface area (Å²) in [4.78, 5) is 37.1. The minimum Gasteiger partial charge on any atom is -0.352 e. The summed E-state index contributed by atoms with van der Waals surface area (Å²) in [5.41, 5.74) is 0.737. The van der Waals surface area contributed by atoms with E-state index < -0.39 is 11.8 Å². The lowest BCUT2D eigenvalue weighted by Crippen LogP contribution is -2.43. The Kier molecular flexibility index (Phi) is 4.17. The van der Waals surface area contributed by atoms with Crippen molar-refractivity contribution >= 4 is 17.7 Å². The van der Waals surface area contributed by atoms with E-state index in [0.717, 1.165) is 17.7 Å². The second-order valence-electron chi connectivity index (χ2n) is 4.82. The first kappa shape index (κ1) is 14.2. The van der Waals surface area contributed by atoms with Gasteiger partial charge in [-0.25, -0.2) is 0 Å². The number of carbonyl (C=O) groups is 3. The second kappa shape index (κ2) is 5.86. The molecule has 20 heavy (non-hydrogen) atoms. The average molecular weight is 274 g/mol. The molecule has 5 nitrogen and oxygen atoms in total. The lowest BCUT2D eigenvalue weighted by Gasteiger charge is -2.18. The maximum absolute atomic E-state index is 12.1. The van der Waals surface area contributed by atoms with Crippen LogP contribution >= 0.6 is 0 Å². The Balaban J connectivity index is 2.07. The Morgan fingerprint density at radius 3 is 2.05 bits per heavy atom. The molecule has 1 heterocycles. The lowest BCUT2D eigenvalue weighted by atomic mass is 10.1. The number of amides is 3. The van der Waals surface area contributed by atoms with Crippen molar-refractivity contribution in [1.82, 2.24) is 10.2 Å². The van der Waals surface area contributed by atoms with Gasteiger partial charge in [0.25, 0.3) is 11.8 Å². The van der Waals surface area contributed by atoms with E-state index in [1.807, 2.05) is 13.8 Å². The Morgan fingerprint density at radius 1 is 1.10 bits per heavy atom. The highest BCUT2D eigenvalue weighted by molar-refractivity contribution is 6.22. The number of hydrogen-bond donors (Lipinski definition) is 1. The molecule has 5 heteroatoms. The van der Waals surface area contributed by atoms with Gasteiger partial charge in [-0.15, -0.1) is 0 Å². The van der Waals surface area contributed by atoms with Crippen molar-refractivity contribution in [2.75, 3.05) is 6.54 Å². The summed E-state index contributed by atoms with van der Waals surface area (Å²) in [5.74, 6) is -1.09. The van der Waals surface area contributed by atoms with Crippen LogP contribution in [0.1, 0.15) is 47.4 Å². The fourth-order valence-corrected chi connectivity index (χ4v) is 2.29. The van der Waals surface area contributed by atoms with Crippen LogP contribution in [-0.4, -0.2) is 35.2 Å². The number of carbonyl (C=O) groups excluding carboxylic acids is 3. The molecule has 106 valence electrons. The molecule has 0 unspecified atom stereocenters. The highest BCUT2D eigenvalue weighted by atomic mass is 16.2. The van der Waals surface area contributed by atoms with Crippen molar-refractivity contribution in [3.63, 3.8) is 0 Å². The summed E-state index contributed by atoms with van der Waals surface area (Å²) >= 11 is 0. The predicted octanol–water partition coefficient (Wildman–Crippen LogP) is 1.59. The SMILES string of the molecule is CCC(CC)NC(=O)CN1C(=O)c2ccccc2C1=O. The van der Waals surface area contributed by atoms with E-state index in [4.69, 9.17) is 0 Å². The third kappa shape index (κ3) is 2.57. The van der Waals surface area contributed by atoms with E-state index in [9.17, 15) is 14.4 Å². The van der Waals surface area contributed by atoms with Crippen LogP contribution in [0.5, 0.6) is 0 Å². The van der Waals surface area contributed by atoms with Crippen LogP contribution < -0.4 is 5.32 Å². The Labute approximate surface area is 118 Å². The normalized spacial score (nSPS) is 13.8. The second-order valence-corrected chi connectivity index (χ2v) is 4.82. The van der Waals surface area contributed by atoms with Gasteiger partial charge in [-0.05, 0) is 25.0 Å². The first-order valence-corrected chi connectivity index (χ1v) is 6.83. The van der Waals surface area contributed by atoms with E-state index >= 15 is 0 Å². The molecule has 1 aliphatic rings. The van der Waals surface area contributed by atoms with Gasteiger partial charge in [0.05, 0.1) is 11.1 Å². The van der Waals surface area contributed by atoms with E-state index in [-0.39, 0.29) is 18.5 Å². The van der Waals surface area contributed by atoms with Gasteiger partial charge in [0.2, 0.25) is 5.91 Å². The molecule has 3 amide bonds. The molecule has 1 aliphatic heterocycles. The minimum atomic E-state index is -0.398. The van der Waals surface area contributed by atoms with Crippen molar-refractivity contribution in [2.24, 2.45) is 0 Å².